The fourth-order valence-electron chi connectivity index (χ4n) is 5.05. The van der Waals surface area contributed by atoms with Crippen LogP contribution in [-0.2, 0) is 24.2 Å². The van der Waals surface area contributed by atoms with E-state index < -0.39 is 23.9 Å². The van der Waals surface area contributed by atoms with Gasteiger partial charge in [0.15, 0.2) is 5.82 Å². The molecule has 0 aromatic heterocycles. The molecule has 1 heterocycles. The Bertz CT molecular complexity index is 1300. The van der Waals surface area contributed by atoms with Crippen molar-refractivity contribution in [1.82, 2.24) is 10.6 Å². The minimum atomic E-state index is -0.948. The molecular weight excluding hydrogens is 509 g/mol. The number of nitrogens with zero attached hydrogens (tertiary/aromatic N) is 1. The van der Waals surface area contributed by atoms with E-state index >= 15 is 4.39 Å². The van der Waals surface area contributed by atoms with Gasteiger partial charge in [0.05, 0.1) is 30.5 Å². The molecule has 2 unspecified atom stereocenters. The largest absolute Gasteiger partial charge is 0.497 e. The number of carbonyl (C=O) groups is 2. The van der Waals surface area contributed by atoms with Crippen molar-refractivity contribution in [3.8, 4) is 5.75 Å². The Morgan fingerprint density at radius 1 is 1.07 bits per heavy atom. The van der Waals surface area contributed by atoms with Crippen LogP contribution < -0.4 is 20.3 Å². The van der Waals surface area contributed by atoms with Gasteiger partial charge in [0.1, 0.15) is 5.75 Å². The highest BCUT2D eigenvalue weighted by atomic mass is 19.1. The number of aryl methyl sites for hydroxylation is 1. The summed E-state index contributed by atoms with van der Waals surface area (Å²) in [7, 11) is 1.61. The highest BCUT2D eigenvalue weighted by molar-refractivity contribution is 6.00. The van der Waals surface area contributed by atoms with Gasteiger partial charge in [0.2, 0.25) is 5.91 Å². The van der Waals surface area contributed by atoms with Gasteiger partial charge in [-0.05, 0) is 60.2 Å². The Kier molecular flexibility index (Phi) is 10.3. The van der Waals surface area contributed by atoms with E-state index in [1.54, 1.807) is 19.2 Å². The highest BCUT2D eigenvalue weighted by Crippen LogP contribution is 2.29. The molecule has 8 heteroatoms. The summed E-state index contributed by atoms with van der Waals surface area (Å²) in [6, 6.07) is 19.7. The second-order valence-corrected chi connectivity index (χ2v) is 10.2. The number of hydrogen-bond donors (Lipinski definition) is 3. The first-order valence-electron chi connectivity index (χ1n) is 13.9. The van der Waals surface area contributed by atoms with Crippen LogP contribution >= 0.6 is 0 Å². The molecule has 0 spiro atoms. The quantitative estimate of drug-likeness (QED) is 0.295. The van der Waals surface area contributed by atoms with Gasteiger partial charge in [-0.3, -0.25) is 9.59 Å². The van der Waals surface area contributed by atoms with Crippen LogP contribution in [-0.4, -0.2) is 49.3 Å². The molecule has 1 aliphatic heterocycles. The van der Waals surface area contributed by atoms with Crippen molar-refractivity contribution in [2.24, 2.45) is 0 Å². The lowest BCUT2D eigenvalue weighted by Crippen LogP contribution is -2.49. The predicted molar refractivity (Wildman–Crippen MR) is 154 cm³/mol. The number of nitrogens with one attached hydrogen (secondary N) is 2. The second kappa shape index (κ2) is 14.1. The molecule has 1 saturated heterocycles. The normalized spacial score (nSPS) is 14.7. The van der Waals surface area contributed by atoms with E-state index in [9.17, 15) is 14.7 Å². The van der Waals surface area contributed by atoms with E-state index in [-0.39, 0.29) is 23.7 Å². The van der Waals surface area contributed by atoms with Gasteiger partial charge >= 0.3 is 0 Å². The third-order valence-corrected chi connectivity index (χ3v) is 7.16. The van der Waals surface area contributed by atoms with Crippen LogP contribution in [0.5, 0.6) is 5.75 Å². The fourth-order valence-corrected chi connectivity index (χ4v) is 5.05. The average molecular weight is 548 g/mol. The van der Waals surface area contributed by atoms with Crippen molar-refractivity contribution >= 4 is 17.5 Å². The van der Waals surface area contributed by atoms with Gasteiger partial charge < -0.3 is 25.4 Å². The molecule has 1 aliphatic rings. The van der Waals surface area contributed by atoms with E-state index in [0.717, 1.165) is 28.9 Å². The first-order chi connectivity index (χ1) is 19.4. The van der Waals surface area contributed by atoms with Crippen LogP contribution in [0, 0.1) is 5.82 Å². The molecule has 0 radical (unpaired) electrons. The number of anilines is 1. The number of aliphatic hydroxyl groups excluding tert-OH is 1. The van der Waals surface area contributed by atoms with Gasteiger partial charge in [-0.1, -0.05) is 55.8 Å². The molecule has 0 saturated carbocycles. The Morgan fingerprint density at radius 2 is 1.85 bits per heavy atom. The number of halogens is 1. The first kappa shape index (κ1) is 29.2. The molecule has 3 aromatic carbocycles. The summed E-state index contributed by atoms with van der Waals surface area (Å²) in [6.07, 6.45) is 1.91. The smallest absolute Gasteiger partial charge is 0.254 e. The summed E-state index contributed by atoms with van der Waals surface area (Å²) in [5, 5.41) is 17.3. The van der Waals surface area contributed by atoms with Gasteiger partial charge in [-0.25, -0.2) is 4.39 Å². The van der Waals surface area contributed by atoms with E-state index in [1.807, 2.05) is 61.5 Å². The van der Waals surface area contributed by atoms with Crippen LogP contribution in [0.25, 0.3) is 0 Å². The maximum atomic E-state index is 15.8. The lowest BCUT2D eigenvalue weighted by atomic mass is 9.99. The summed E-state index contributed by atoms with van der Waals surface area (Å²) in [6.45, 7) is 3.15. The van der Waals surface area contributed by atoms with Crippen LogP contribution in [0.3, 0.4) is 0 Å². The summed E-state index contributed by atoms with van der Waals surface area (Å²) < 4.78 is 21.0. The minimum absolute atomic E-state index is 0.116. The van der Waals surface area contributed by atoms with E-state index in [4.69, 9.17) is 4.74 Å². The molecule has 3 N–H and O–H groups in total. The maximum absolute atomic E-state index is 15.8. The Hall–Kier alpha value is -3.75. The molecule has 0 bridgehead atoms. The van der Waals surface area contributed by atoms with Crippen molar-refractivity contribution in [2.75, 3.05) is 25.1 Å². The number of benzene rings is 3. The molecule has 1 fully saturated rings. The first-order valence-corrected chi connectivity index (χ1v) is 13.9. The summed E-state index contributed by atoms with van der Waals surface area (Å²) in [4.78, 5) is 27.4. The van der Waals surface area contributed by atoms with E-state index in [0.29, 0.717) is 38.8 Å². The molecule has 7 nitrogen and oxygen atoms in total. The van der Waals surface area contributed by atoms with Gasteiger partial charge in [-0.2, -0.15) is 0 Å². The molecular formula is C32H38FN3O4. The number of rotatable bonds is 13. The maximum Gasteiger partial charge on any atom is 0.254 e. The number of carbonyl (C=O) groups excluding carboxylic acids is 2. The Balaban J connectivity index is 1.53. The summed E-state index contributed by atoms with van der Waals surface area (Å²) in [5.41, 5.74) is 2.76. The molecule has 3 aromatic rings. The molecule has 2 amide bonds. The average Bonchev–Trinajstić information content (AvgIpc) is 3.39. The van der Waals surface area contributed by atoms with Crippen molar-refractivity contribution < 1.29 is 23.8 Å². The summed E-state index contributed by atoms with van der Waals surface area (Å²) >= 11 is 0. The van der Waals surface area contributed by atoms with E-state index in [1.165, 1.54) is 4.90 Å². The number of ether oxygens (including phenoxy) is 1. The zero-order valence-electron chi connectivity index (χ0n) is 23.2. The standard InChI is InChI=1S/C32H38FN3O4/c1-3-9-23-17-26(31(33)28(19-23)36-15-8-14-30(36)38)32(39)35-27(18-22-10-5-4-6-11-22)29(37)21-34-20-24-12-7-13-25(16-24)40-2/h4-7,10-13,16-17,19,27,29,34,37H,3,8-9,14-15,18,20-21H2,1-2H3,(H,35,39). The van der Waals surface area contributed by atoms with Crippen molar-refractivity contribution in [3.63, 3.8) is 0 Å². The third kappa shape index (κ3) is 7.46. The lowest BCUT2D eigenvalue weighted by molar-refractivity contribution is -0.117. The fraction of sp³-hybridized carbons (Fsp3) is 0.375. The number of hydrogen-bond acceptors (Lipinski definition) is 5. The van der Waals surface area contributed by atoms with Crippen LogP contribution in [0.2, 0.25) is 0 Å². The third-order valence-electron chi connectivity index (χ3n) is 7.16. The molecule has 0 aliphatic carbocycles. The van der Waals surface area contributed by atoms with Crippen molar-refractivity contribution in [1.29, 1.82) is 0 Å². The molecule has 2 atom stereocenters. The van der Waals surface area contributed by atoms with Crippen LogP contribution in [0.15, 0.2) is 66.7 Å². The highest BCUT2D eigenvalue weighted by Gasteiger charge is 2.29. The zero-order valence-corrected chi connectivity index (χ0v) is 23.2. The molecule has 212 valence electrons. The van der Waals surface area contributed by atoms with Crippen molar-refractivity contribution in [2.45, 2.75) is 57.7 Å². The second-order valence-electron chi connectivity index (χ2n) is 10.2. The number of amides is 2. The van der Waals surface area contributed by atoms with Crippen LogP contribution in [0.1, 0.15) is 53.2 Å². The molecule has 40 heavy (non-hydrogen) atoms. The predicted octanol–water partition coefficient (Wildman–Crippen LogP) is 4.41. The zero-order chi connectivity index (χ0) is 28.5. The Labute approximate surface area is 235 Å². The Morgan fingerprint density at radius 3 is 2.55 bits per heavy atom. The van der Waals surface area contributed by atoms with Crippen LogP contribution in [0.4, 0.5) is 10.1 Å². The van der Waals surface area contributed by atoms with Gasteiger partial charge in [0.25, 0.3) is 5.91 Å². The van der Waals surface area contributed by atoms with E-state index in [2.05, 4.69) is 10.6 Å². The molecule has 4 rings (SSSR count). The summed E-state index contributed by atoms with van der Waals surface area (Å²) in [5.74, 6) is -0.720. The monoisotopic (exact) mass is 547 g/mol. The van der Waals surface area contributed by atoms with Gasteiger partial charge in [-0.15, -0.1) is 0 Å². The number of methoxy groups -OCH3 is 1. The lowest BCUT2D eigenvalue weighted by Gasteiger charge is -2.26. The number of aliphatic hydroxyl groups is 1. The minimum Gasteiger partial charge on any atom is -0.497 e. The van der Waals surface area contributed by atoms with Gasteiger partial charge in [0, 0.05) is 26.1 Å². The van der Waals surface area contributed by atoms with Crippen molar-refractivity contribution in [3.05, 3.63) is 94.8 Å². The topological polar surface area (TPSA) is 90.9 Å². The SMILES string of the molecule is CCCc1cc(C(=O)NC(Cc2ccccc2)C(O)CNCc2cccc(OC)c2)c(F)c(N2CCCC2=O)c1.